The molecular formula is C25H21N3O2. The quantitative estimate of drug-likeness (QED) is 0.537. The second-order valence-corrected chi connectivity index (χ2v) is 7.20. The van der Waals surface area contributed by atoms with Crippen molar-refractivity contribution in [1.82, 2.24) is 9.88 Å². The Morgan fingerprint density at radius 3 is 2.20 bits per heavy atom. The molecular weight excluding hydrogens is 374 g/mol. The lowest BCUT2D eigenvalue weighted by Gasteiger charge is -2.11. The molecule has 4 rings (SSSR count). The van der Waals surface area contributed by atoms with Crippen molar-refractivity contribution in [2.24, 2.45) is 0 Å². The molecule has 0 atom stereocenters. The van der Waals surface area contributed by atoms with Gasteiger partial charge in [0.1, 0.15) is 5.82 Å². The topological polar surface area (TPSA) is 62.3 Å². The van der Waals surface area contributed by atoms with Crippen molar-refractivity contribution in [3.63, 3.8) is 0 Å². The van der Waals surface area contributed by atoms with Crippen molar-refractivity contribution in [2.45, 2.75) is 0 Å². The van der Waals surface area contributed by atoms with Crippen molar-refractivity contribution in [3.05, 3.63) is 96.1 Å². The Kier molecular flexibility index (Phi) is 5.26. The van der Waals surface area contributed by atoms with Crippen molar-refractivity contribution in [1.29, 1.82) is 0 Å². The first kappa shape index (κ1) is 19.3. The Hall–Kier alpha value is -3.99. The maximum Gasteiger partial charge on any atom is 0.256 e. The molecule has 1 N–H and O–H groups in total. The smallest absolute Gasteiger partial charge is 0.256 e. The van der Waals surface area contributed by atoms with Crippen molar-refractivity contribution >= 4 is 28.4 Å². The highest BCUT2D eigenvalue weighted by molar-refractivity contribution is 6.04. The van der Waals surface area contributed by atoms with E-state index < -0.39 is 0 Å². The molecule has 5 nitrogen and oxygen atoms in total. The number of hydrogen-bond donors (Lipinski definition) is 1. The number of nitrogens with zero attached hydrogens (tertiary/aromatic N) is 2. The highest BCUT2D eigenvalue weighted by Gasteiger charge is 2.11. The summed E-state index contributed by atoms with van der Waals surface area (Å²) >= 11 is 0. The predicted octanol–water partition coefficient (Wildman–Crippen LogP) is 4.86. The van der Waals surface area contributed by atoms with Gasteiger partial charge in [-0.3, -0.25) is 9.59 Å². The van der Waals surface area contributed by atoms with Crippen LogP contribution < -0.4 is 5.32 Å². The number of amides is 2. The number of pyridine rings is 1. The first-order chi connectivity index (χ1) is 14.5. The highest BCUT2D eigenvalue weighted by atomic mass is 16.2. The molecule has 1 heterocycles. The average Bonchev–Trinajstić information content (AvgIpc) is 2.78. The molecule has 0 unspecified atom stereocenters. The molecule has 0 saturated carbocycles. The summed E-state index contributed by atoms with van der Waals surface area (Å²) in [5.41, 5.74) is 2.76. The van der Waals surface area contributed by atoms with Gasteiger partial charge in [0.2, 0.25) is 0 Å². The van der Waals surface area contributed by atoms with Gasteiger partial charge in [0.05, 0.1) is 5.69 Å². The lowest BCUT2D eigenvalue weighted by Crippen LogP contribution is -2.21. The minimum absolute atomic E-state index is 0.105. The van der Waals surface area contributed by atoms with E-state index in [9.17, 15) is 9.59 Å². The molecule has 0 radical (unpaired) electrons. The zero-order chi connectivity index (χ0) is 21.1. The van der Waals surface area contributed by atoms with Gasteiger partial charge in [0, 0.05) is 30.8 Å². The monoisotopic (exact) mass is 395 g/mol. The Balaban J connectivity index is 1.54. The van der Waals surface area contributed by atoms with Crippen LogP contribution in [0, 0.1) is 0 Å². The number of benzene rings is 3. The third-order valence-corrected chi connectivity index (χ3v) is 4.84. The minimum atomic E-state index is -0.276. The van der Waals surface area contributed by atoms with Crippen molar-refractivity contribution in [3.8, 4) is 11.3 Å². The molecule has 0 bridgehead atoms. The highest BCUT2D eigenvalue weighted by Crippen LogP contribution is 2.24. The van der Waals surface area contributed by atoms with E-state index in [2.05, 4.69) is 34.6 Å². The Morgan fingerprint density at radius 1 is 0.767 bits per heavy atom. The molecule has 4 aromatic rings. The van der Waals surface area contributed by atoms with Crippen LogP contribution in [0.5, 0.6) is 0 Å². The Labute approximate surface area is 175 Å². The second kappa shape index (κ2) is 8.17. The average molecular weight is 395 g/mol. The summed E-state index contributed by atoms with van der Waals surface area (Å²) < 4.78 is 0. The zero-order valence-corrected chi connectivity index (χ0v) is 16.8. The third-order valence-electron chi connectivity index (χ3n) is 4.84. The minimum Gasteiger partial charge on any atom is -0.345 e. The molecule has 0 saturated heterocycles. The Morgan fingerprint density at radius 2 is 1.47 bits per heavy atom. The maximum atomic E-state index is 12.6. The van der Waals surface area contributed by atoms with Gasteiger partial charge in [-0.2, -0.15) is 0 Å². The van der Waals surface area contributed by atoms with Gasteiger partial charge in [-0.25, -0.2) is 4.98 Å². The lowest BCUT2D eigenvalue weighted by atomic mass is 10.0. The van der Waals surface area contributed by atoms with E-state index in [4.69, 9.17) is 0 Å². The van der Waals surface area contributed by atoms with Gasteiger partial charge in [-0.15, -0.1) is 0 Å². The van der Waals surface area contributed by atoms with E-state index in [1.807, 2.05) is 30.3 Å². The summed E-state index contributed by atoms with van der Waals surface area (Å²) in [5, 5.41) is 5.14. The number of anilines is 1. The molecule has 148 valence electrons. The molecule has 2 amide bonds. The van der Waals surface area contributed by atoms with Gasteiger partial charge in [-0.1, -0.05) is 42.5 Å². The molecule has 30 heavy (non-hydrogen) atoms. The molecule has 5 heteroatoms. The third kappa shape index (κ3) is 4.05. The number of nitrogens with one attached hydrogen (secondary N) is 1. The summed E-state index contributed by atoms with van der Waals surface area (Å²) in [6.45, 7) is 0. The molecule has 3 aromatic carbocycles. The number of rotatable bonds is 4. The summed E-state index contributed by atoms with van der Waals surface area (Å²) in [6.07, 6.45) is 0. The van der Waals surface area contributed by atoms with Gasteiger partial charge < -0.3 is 10.2 Å². The number of carbonyl (C=O) groups is 2. The fourth-order valence-electron chi connectivity index (χ4n) is 3.22. The van der Waals surface area contributed by atoms with Crippen molar-refractivity contribution in [2.75, 3.05) is 19.4 Å². The fraction of sp³-hybridized carbons (Fsp3) is 0.0800. The lowest BCUT2D eigenvalue weighted by molar-refractivity contribution is 0.0827. The summed E-state index contributed by atoms with van der Waals surface area (Å²) in [6, 6.07) is 26.4. The normalized spacial score (nSPS) is 10.6. The summed E-state index contributed by atoms with van der Waals surface area (Å²) in [4.78, 5) is 30.7. The summed E-state index contributed by atoms with van der Waals surface area (Å²) in [7, 11) is 3.38. The van der Waals surface area contributed by atoms with Crippen LogP contribution in [-0.4, -0.2) is 35.8 Å². The number of carbonyl (C=O) groups excluding carboxylic acids is 2. The number of fused-ring (bicyclic) bond motifs is 1. The van der Waals surface area contributed by atoms with E-state index in [0.717, 1.165) is 16.6 Å². The van der Waals surface area contributed by atoms with Crippen LogP contribution in [0.3, 0.4) is 0 Å². The van der Waals surface area contributed by atoms with E-state index in [1.54, 1.807) is 44.4 Å². The van der Waals surface area contributed by atoms with Crippen molar-refractivity contribution < 1.29 is 9.59 Å². The van der Waals surface area contributed by atoms with Crippen LogP contribution in [0.2, 0.25) is 0 Å². The molecule has 0 spiro atoms. The van der Waals surface area contributed by atoms with Gasteiger partial charge >= 0.3 is 0 Å². The van der Waals surface area contributed by atoms with E-state index in [0.29, 0.717) is 16.9 Å². The first-order valence-corrected chi connectivity index (χ1v) is 9.60. The van der Waals surface area contributed by atoms with Crippen LogP contribution in [0.4, 0.5) is 5.82 Å². The van der Waals surface area contributed by atoms with E-state index in [1.165, 1.54) is 10.3 Å². The molecule has 1 aromatic heterocycles. The van der Waals surface area contributed by atoms with Crippen LogP contribution in [0.15, 0.2) is 84.9 Å². The number of hydrogen-bond acceptors (Lipinski definition) is 3. The predicted molar refractivity (Wildman–Crippen MR) is 120 cm³/mol. The van der Waals surface area contributed by atoms with Crippen LogP contribution >= 0.6 is 0 Å². The fourth-order valence-corrected chi connectivity index (χ4v) is 3.22. The standard InChI is InChI=1S/C25H21N3O2/c1-28(2)25(30)19-13-11-18(12-14-19)24(29)27-23-9-5-8-22(26-23)21-15-10-17-6-3-4-7-20(17)16-21/h3-16H,1-2H3,(H,26,27,29). The summed E-state index contributed by atoms with van der Waals surface area (Å²) in [5.74, 6) is 0.0906. The van der Waals surface area contributed by atoms with Crippen LogP contribution in [0.25, 0.3) is 22.0 Å². The van der Waals surface area contributed by atoms with Gasteiger partial charge in [0.15, 0.2) is 0 Å². The zero-order valence-electron chi connectivity index (χ0n) is 16.8. The van der Waals surface area contributed by atoms with Gasteiger partial charge in [0.25, 0.3) is 11.8 Å². The molecule has 0 aliphatic heterocycles. The Bertz CT molecular complexity index is 1230. The van der Waals surface area contributed by atoms with Crippen LogP contribution in [0.1, 0.15) is 20.7 Å². The number of aromatic nitrogens is 1. The van der Waals surface area contributed by atoms with Gasteiger partial charge in [-0.05, 0) is 53.2 Å². The van der Waals surface area contributed by atoms with E-state index in [-0.39, 0.29) is 11.8 Å². The van der Waals surface area contributed by atoms with Crippen LogP contribution in [-0.2, 0) is 0 Å². The molecule has 0 aliphatic carbocycles. The molecule has 0 fully saturated rings. The van der Waals surface area contributed by atoms with E-state index >= 15 is 0 Å². The molecule has 0 aliphatic rings. The maximum absolute atomic E-state index is 12.6. The second-order valence-electron chi connectivity index (χ2n) is 7.20. The largest absolute Gasteiger partial charge is 0.345 e. The SMILES string of the molecule is CN(C)C(=O)c1ccc(C(=O)Nc2cccc(-c3ccc4ccccc4c3)n2)cc1. The first-order valence-electron chi connectivity index (χ1n) is 9.60.